The molecule has 2 heterocycles. The lowest BCUT2D eigenvalue weighted by Gasteiger charge is -1.98. The third-order valence-electron chi connectivity index (χ3n) is 5.71. The normalized spacial score (nSPS) is 10.5. The van der Waals surface area contributed by atoms with E-state index < -0.39 is 4.92 Å². The molecule has 0 fully saturated rings. The number of nitro benzene ring substituents is 2. The zero-order valence-electron chi connectivity index (χ0n) is 20.1. The van der Waals surface area contributed by atoms with Crippen molar-refractivity contribution in [2.75, 3.05) is 0 Å². The molecule has 4 aromatic carbocycles. The average Bonchev–Trinajstić information content (AvgIpc) is 3.59. The number of nitrogens with zero attached hydrogens (tertiary/aromatic N) is 5. The zero-order chi connectivity index (χ0) is 27.4. The molecule has 0 unspecified atom stereocenters. The fraction of sp³-hybridized carbons (Fsp3) is 0.0357. The van der Waals surface area contributed by atoms with Gasteiger partial charge in [-0.3, -0.25) is 20.2 Å². The number of hydrogen-bond acceptors (Lipinski definition) is 9. The van der Waals surface area contributed by atoms with E-state index in [0.29, 0.717) is 15.8 Å². The summed E-state index contributed by atoms with van der Waals surface area (Å²) in [6.07, 6.45) is 0.00404. The monoisotopic (exact) mass is 551 g/mol. The molecular weight excluding hydrogens is 534 g/mol. The van der Waals surface area contributed by atoms with Crippen LogP contribution in [0, 0.1) is 31.6 Å². The van der Waals surface area contributed by atoms with Crippen LogP contribution in [0.15, 0.2) is 91.0 Å². The van der Waals surface area contributed by atoms with Gasteiger partial charge in [0.2, 0.25) is 0 Å². The Hall–Kier alpha value is -5.05. The topological polar surface area (TPSA) is 136 Å². The summed E-state index contributed by atoms with van der Waals surface area (Å²) in [4.78, 5) is 30.0. The average molecular weight is 552 g/mol. The number of non-ortho nitro benzene ring substituents is 1. The van der Waals surface area contributed by atoms with E-state index in [4.69, 9.17) is 5.26 Å². The van der Waals surface area contributed by atoms with Gasteiger partial charge in [-0.1, -0.05) is 60.7 Å². The van der Waals surface area contributed by atoms with Gasteiger partial charge in [-0.05, 0) is 12.1 Å². The summed E-state index contributed by atoms with van der Waals surface area (Å²) in [6.45, 7) is 0. The van der Waals surface area contributed by atoms with Gasteiger partial charge in [0.25, 0.3) is 11.4 Å². The highest BCUT2D eigenvalue weighted by Gasteiger charge is 2.20. The zero-order valence-corrected chi connectivity index (χ0v) is 21.7. The molecule has 2 aromatic heterocycles. The molecule has 11 heteroatoms. The van der Waals surface area contributed by atoms with E-state index in [1.807, 2.05) is 66.7 Å². The quantitative estimate of drug-likeness (QED) is 0.157. The molecule has 0 aliphatic carbocycles. The standard InChI is InChI=1S/C15H9N3O2S.C13H8N2O2S/c16-9-8-11-13(18(19)20)7-6-12-14(11)21-15(17-12)10-4-2-1-3-5-10;16-15(17)10-6-7-11-12(8-10)18-13(14-11)9-4-2-1-3-5-9/h1-7H,8H2;1-8H. The Morgan fingerprint density at radius 3 is 1.92 bits per heavy atom. The predicted octanol–water partition coefficient (Wildman–Crippen LogP) is 7.81. The number of benzene rings is 4. The molecule has 0 spiro atoms. The summed E-state index contributed by atoms with van der Waals surface area (Å²) in [6, 6.07) is 29.2. The Morgan fingerprint density at radius 1 is 0.744 bits per heavy atom. The van der Waals surface area contributed by atoms with E-state index in [1.54, 1.807) is 18.2 Å². The molecule has 0 atom stereocenters. The fourth-order valence-corrected chi connectivity index (χ4v) is 6.01. The first-order chi connectivity index (χ1) is 18.9. The van der Waals surface area contributed by atoms with Gasteiger partial charge in [0.05, 0.1) is 48.3 Å². The van der Waals surface area contributed by atoms with Gasteiger partial charge in [-0.2, -0.15) is 5.26 Å². The van der Waals surface area contributed by atoms with Gasteiger partial charge >= 0.3 is 0 Å². The summed E-state index contributed by atoms with van der Waals surface area (Å²) in [7, 11) is 0. The minimum atomic E-state index is -0.450. The van der Waals surface area contributed by atoms with Crippen molar-refractivity contribution in [3.63, 3.8) is 0 Å². The van der Waals surface area contributed by atoms with Gasteiger partial charge in [0, 0.05) is 29.3 Å². The van der Waals surface area contributed by atoms with Crippen LogP contribution in [0.25, 0.3) is 41.6 Å². The Kier molecular flexibility index (Phi) is 7.31. The van der Waals surface area contributed by atoms with Crippen LogP contribution in [0.3, 0.4) is 0 Å². The molecule has 0 saturated heterocycles. The lowest BCUT2D eigenvalue weighted by molar-refractivity contribution is -0.385. The minimum Gasteiger partial charge on any atom is -0.258 e. The molecule has 39 heavy (non-hydrogen) atoms. The van der Waals surface area contributed by atoms with Crippen molar-refractivity contribution in [3.8, 4) is 27.2 Å². The first-order valence-corrected chi connectivity index (χ1v) is 13.2. The maximum atomic E-state index is 11.1. The minimum absolute atomic E-state index is 0.00404. The molecule has 9 nitrogen and oxygen atoms in total. The van der Waals surface area contributed by atoms with Gasteiger partial charge in [-0.25, -0.2) is 9.97 Å². The summed E-state index contributed by atoms with van der Waals surface area (Å²) in [5, 5.41) is 32.4. The van der Waals surface area contributed by atoms with Crippen LogP contribution >= 0.6 is 22.7 Å². The van der Waals surface area contributed by atoms with Crippen LogP contribution in [0.4, 0.5) is 11.4 Å². The maximum absolute atomic E-state index is 11.1. The predicted molar refractivity (Wildman–Crippen MR) is 153 cm³/mol. The Labute approximate surface area is 229 Å². The molecule has 6 rings (SSSR count). The van der Waals surface area contributed by atoms with Crippen molar-refractivity contribution in [1.82, 2.24) is 9.97 Å². The molecule has 190 valence electrons. The summed E-state index contributed by atoms with van der Waals surface area (Å²) in [5.74, 6) is 0. The van der Waals surface area contributed by atoms with Gasteiger partial charge in [0.15, 0.2) is 0 Å². The van der Waals surface area contributed by atoms with Crippen molar-refractivity contribution in [2.45, 2.75) is 6.42 Å². The fourth-order valence-electron chi connectivity index (χ4n) is 3.89. The van der Waals surface area contributed by atoms with E-state index in [1.165, 1.54) is 34.8 Å². The lowest BCUT2D eigenvalue weighted by atomic mass is 10.1. The molecule has 0 aliphatic heterocycles. The molecule has 0 saturated carbocycles. The molecule has 6 aromatic rings. The summed E-state index contributed by atoms with van der Waals surface area (Å²) >= 11 is 2.85. The van der Waals surface area contributed by atoms with Crippen molar-refractivity contribution in [3.05, 3.63) is 117 Å². The van der Waals surface area contributed by atoms with Crippen molar-refractivity contribution in [2.24, 2.45) is 0 Å². The summed E-state index contributed by atoms with van der Waals surface area (Å²) < 4.78 is 1.55. The van der Waals surface area contributed by atoms with Crippen LogP contribution < -0.4 is 0 Å². The van der Waals surface area contributed by atoms with Crippen molar-refractivity contribution < 1.29 is 9.85 Å². The Bertz CT molecular complexity index is 1860. The van der Waals surface area contributed by atoms with E-state index in [0.717, 1.165) is 31.4 Å². The molecule has 0 bridgehead atoms. The van der Waals surface area contributed by atoms with Crippen LogP contribution in [0.2, 0.25) is 0 Å². The second kappa shape index (κ2) is 11.1. The highest BCUT2D eigenvalue weighted by molar-refractivity contribution is 7.22. The van der Waals surface area contributed by atoms with Crippen LogP contribution in [-0.4, -0.2) is 19.8 Å². The van der Waals surface area contributed by atoms with Gasteiger partial charge in [0.1, 0.15) is 10.0 Å². The number of nitriles is 1. The van der Waals surface area contributed by atoms with Crippen LogP contribution in [0.5, 0.6) is 0 Å². The number of aromatic nitrogens is 2. The number of thiazole rings is 2. The van der Waals surface area contributed by atoms with Crippen molar-refractivity contribution >= 4 is 54.5 Å². The number of fused-ring (bicyclic) bond motifs is 2. The van der Waals surface area contributed by atoms with Crippen LogP contribution in [-0.2, 0) is 6.42 Å². The first kappa shape index (κ1) is 25.6. The second-order valence-electron chi connectivity index (χ2n) is 8.18. The van der Waals surface area contributed by atoms with Crippen molar-refractivity contribution in [1.29, 1.82) is 5.26 Å². The van der Waals surface area contributed by atoms with E-state index in [9.17, 15) is 20.2 Å². The molecule has 0 radical (unpaired) electrons. The SMILES string of the molecule is N#CCc1c([N+](=O)[O-])ccc2nc(-c3ccccc3)sc12.O=[N+]([O-])c1ccc2nc(-c3ccccc3)sc2c1. The van der Waals surface area contributed by atoms with Gasteiger partial charge < -0.3 is 0 Å². The molecule has 0 amide bonds. The highest BCUT2D eigenvalue weighted by atomic mass is 32.1. The molecule has 0 N–H and O–H groups in total. The smallest absolute Gasteiger partial charge is 0.258 e. The third-order valence-corrected chi connectivity index (χ3v) is 7.96. The molecule has 0 aliphatic rings. The number of nitro groups is 2. The first-order valence-electron chi connectivity index (χ1n) is 11.5. The Balaban J connectivity index is 0.000000160. The van der Waals surface area contributed by atoms with Gasteiger partial charge in [-0.15, -0.1) is 22.7 Å². The Morgan fingerprint density at radius 2 is 1.33 bits per heavy atom. The van der Waals surface area contributed by atoms with Crippen LogP contribution in [0.1, 0.15) is 5.56 Å². The third kappa shape index (κ3) is 5.47. The largest absolute Gasteiger partial charge is 0.275 e. The van der Waals surface area contributed by atoms with E-state index >= 15 is 0 Å². The number of rotatable bonds is 5. The number of hydrogen-bond donors (Lipinski definition) is 0. The maximum Gasteiger partial charge on any atom is 0.275 e. The summed E-state index contributed by atoms with van der Waals surface area (Å²) in [5.41, 5.74) is 4.00. The molecular formula is C28H17N5O4S2. The van der Waals surface area contributed by atoms with E-state index in [-0.39, 0.29) is 22.7 Å². The second-order valence-corrected chi connectivity index (χ2v) is 10.2. The van der Waals surface area contributed by atoms with E-state index in [2.05, 4.69) is 9.97 Å². The highest BCUT2D eigenvalue weighted by Crippen LogP contribution is 2.36. The lowest BCUT2D eigenvalue weighted by Crippen LogP contribution is -1.94.